The Bertz CT molecular complexity index is 726. The molecule has 1 N–H and O–H groups in total. The largest absolute Gasteiger partial charge is 0.385 e. The zero-order valence-electron chi connectivity index (χ0n) is 12.6. The van der Waals surface area contributed by atoms with Gasteiger partial charge < -0.3 is 9.67 Å². The SMILES string of the molecule is Cc1c(C2(O)CCC2)c(F)cc2nc(C)n(C3CCC3)c12. The summed E-state index contributed by atoms with van der Waals surface area (Å²) in [5, 5.41) is 10.6. The van der Waals surface area contributed by atoms with Gasteiger partial charge >= 0.3 is 0 Å². The van der Waals surface area contributed by atoms with Crippen molar-refractivity contribution in [3.63, 3.8) is 0 Å². The van der Waals surface area contributed by atoms with Crippen LogP contribution in [0, 0.1) is 19.7 Å². The average Bonchev–Trinajstić information content (AvgIpc) is 2.62. The van der Waals surface area contributed by atoms with Gasteiger partial charge in [0.1, 0.15) is 11.6 Å². The van der Waals surface area contributed by atoms with E-state index in [-0.39, 0.29) is 5.82 Å². The third kappa shape index (κ3) is 1.71. The van der Waals surface area contributed by atoms with Gasteiger partial charge in [-0.05, 0) is 57.9 Å². The van der Waals surface area contributed by atoms with Crippen LogP contribution in [0.4, 0.5) is 4.39 Å². The Hall–Kier alpha value is -1.42. The van der Waals surface area contributed by atoms with E-state index in [2.05, 4.69) is 9.55 Å². The topological polar surface area (TPSA) is 38.1 Å². The molecule has 1 aromatic heterocycles. The Morgan fingerprint density at radius 1 is 1.29 bits per heavy atom. The molecule has 2 aliphatic rings. The summed E-state index contributed by atoms with van der Waals surface area (Å²) in [6.45, 7) is 3.93. The van der Waals surface area contributed by atoms with Crippen molar-refractivity contribution in [3.05, 3.63) is 28.8 Å². The maximum Gasteiger partial charge on any atom is 0.131 e. The molecule has 2 fully saturated rings. The number of rotatable bonds is 2. The molecule has 1 aromatic carbocycles. The van der Waals surface area contributed by atoms with E-state index in [1.165, 1.54) is 25.3 Å². The number of halogens is 1. The van der Waals surface area contributed by atoms with Crippen LogP contribution < -0.4 is 0 Å². The van der Waals surface area contributed by atoms with Gasteiger partial charge in [0.2, 0.25) is 0 Å². The minimum Gasteiger partial charge on any atom is -0.385 e. The maximum absolute atomic E-state index is 14.5. The van der Waals surface area contributed by atoms with Gasteiger partial charge in [0, 0.05) is 17.7 Å². The lowest BCUT2D eigenvalue weighted by Gasteiger charge is -2.38. The van der Waals surface area contributed by atoms with Gasteiger partial charge in [-0.3, -0.25) is 0 Å². The number of nitrogens with zero attached hydrogens (tertiary/aromatic N) is 2. The van der Waals surface area contributed by atoms with Gasteiger partial charge in [0.05, 0.1) is 16.6 Å². The predicted octanol–water partition coefficient (Wildman–Crippen LogP) is 3.89. The quantitative estimate of drug-likeness (QED) is 0.910. The highest BCUT2D eigenvalue weighted by atomic mass is 19.1. The van der Waals surface area contributed by atoms with Crippen LogP contribution in [0.2, 0.25) is 0 Å². The number of fused-ring (bicyclic) bond motifs is 1. The Labute approximate surface area is 123 Å². The second-order valence-corrected chi connectivity index (χ2v) is 6.73. The van der Waals surface area contributed by atoms with Crippen LogP contribution in [0.5, 0.6) is 0 Å². The van der Waals surface area contributed by atoms with Gasteiger partial charge in [0.15, 0.2) is 0 Å². The molecular formula is C17H21FN2O. The molecule has 1 heterocycles. The number of aryl methyl sites for hydroxylation is 2. The van der Waals surface area contributed by atoms with Crippen LogP contribution in [0.25, 0.3) is 11.0 Å². The molecule has 0 spiro atoms. The summed E-state index contributed by atoms with van der Waals surface area (Å²) in [4.78, 5) is 4.55. The van der Waals surface area contributed by atoms with Crippen LogP contribution in [0.3, 0.4) is 0 Å². The second-order valence-electron chi connectivity index (χ2n) is 6.73. The highest BCUT2D eigenvalue weighted by molar-refractivity contribution is 5.82. The average molecular weight is 288 g/mol. The van der Waals surface area contributed by atoms with Crippen LogP contribution in [-0.2, 0) is 5.60 Å². The lowest BCUT2D eigenvalue weighted by Crippen LogP contribution is -2.35. The molecule has 21 heavy (non-hydrogen) atoms. The summed E-state index contributed by atoms with van der Waals surface area (Å²) < 4.78 is 16.8. The molecule has 3 nitrogen and oxygen atoms in total. The van der Waals surface area contributed by atoms with Crippen molar-refractivity contribution in [3.8, 4) is 0 Å². The molecule has 2 saturated carbocycles. The first kappa shape index (κ1) is 13.3. The summed E-state index contributed by atoms with van der Waals surface area (Å²) in [5.74, 6) is 0.649. The number of benzene rings is 1. The first-order valence-electron chi connectivity index (χ1n) is 7.92. The summed E-state index contributed by atoms with van der Waals surface area (Å²) in [5.41, 5.74) is 2.15. The lowest BCUT2D eigenvalue weighted by atomic mass is 9.73. The highest BCUT2D eigenvalue weighted by Crippen LogP contribution is 2.46. The van der Waals surface area contributed by atoms with E-state index in [1.807, 2.05) is 13.8 Å². The molecular weight excluding hydrogens is 267 g/mol. The fourth-order valence-corrected chi connectivity index (χ4v) is 3.95. The first-order chi connectivity index (χ1) is 10.0. The summed E-state index contributed by atoms with van der Waals surface area (Å²) >= 11 is 0. The zero-order valence-corrected chi connectivity index (χ0v) is 12.6. The molecule has 4 heteroatoms. The van der Waals surface area contributed by atoms with Crippen molar-refractivity contribution in [1.29, 1.82) is 0 Å². The van der Waals surface area contributed by atoms with Crippen LogP contribution in [0.15, 0.2) is 6.07 Å². The molecule has 0 aliphatic heterocycles. The van der Waals surface area contributed by atoms with E-state index < -0.39 is 5.60 Å². The van der Waals surface area contributed by atoms with E-state index in [0.717, 1.165) is 28.8 Å². The van der Waals surface area contributed by atoms with Crippen LogP contribution in [-0.4, -0.2) is 14.7 Å². The molecule has 2 aromatic rings. The molecule has 0 unspecified atom stereocenters. The van der Waals surface area contributed by atoms with E-state index in [1.54, 1.807) is 0 Å². The third-order valence-corrected chi connectivity index (χ3v) is 5.43. The minimum atomic E-state index is -0.967. The van der Waals surface area contributed by atoms with Gasteiger partial charge in [-0.2, -0.15) is 0 Å². The van der Waals surface area contributed by atoms with E-state index >= 15 is 0 Å². The Balaban J connectivity index is 1.99. The molecule has 2 aliphatic carbocycles. The Morgan fingerprint density at radius 3 is 2.52 bits per heavy atom. The minimum absolute atomic E-state index is 0.305. The van der Waals surface area contributed by atoms with Gasteiger partial charge in [-0.15, -0.1) is 0 Å². The lowest BCUT2D eigenvalue weighted by molar-refractivity contribution is -0.0420. The van der Waals surface area contributed by atoms with Gasteiger partial charge in [0.25, 0.3) is 0 Å². The first-order valence-corrected chi connectivity index (χ1v) is 7.92. The summed E-state index contributed by atoms with van der Waals surface area (Å²) in [6.07, 6.45) is 5.88. The van der Waals surface area contributed by atoms with Crippen molar-refractivity contribution in [2.75, 3.05) is 0 Å². The number of hydrogen-bond acceptors (Lipinski definition) is 2. The van der Waals surface area contributed by atoms with Crippen molar-refractivity contribution in [2.45, 2.75) is 64.0 Å². The zero-order chi connectivity index (χ0) is 14.8. The molecule has 0 atom stereocenters. The number of aromatic nitrogens is 2. The normalized spacial score (nSPS) is 21.3. The van der Waals surface area contributed by atoms with Crippen molar-refractivity contribution >= 4 is 11.0 Å². The number of hydrogen-bond donors (Lipinski definition) is 1. The Kier molecular flexibility index (Phi) is 2.71. The second kappa shape index (κ2) is 4.29. The summed E-state index contributed by atoms with van der Waals surface area (Å²) in [6, 6.07) is 2.00. The fraction of sp³-hybridized carbons (Fsp3) is 0.588. The van der Waals surface area contributed by atoms with Gasteiger partial charge in [-0.1, -0.05) is 0 Å². The van der Waals surface area contributed by atoms with Crippen LogP contribution >= 0.6 is 0 Å². The monoisotopic (exact) mass is 288 g/mol. The van der Waals surface area contributed by atoms with Crippen LogP contribution in [0.1, 0.15) is 61.5 Å². The smallest absolute Gasteiger partial charge is 0.131 e. The van der Waals surface area contributed by atoms with Crippen molar-refractivity contribution in [1.82, 2.24) is 9.55 Å². The standard InChI is InChI=1S/C17H21FN2O/c1-10-15(17(21)7-4-8-17)13(18)9-14-16(10)20(11(2)19-14)12-5-3-6-12/h9,12,21H,3-8H2,1-2H3. The van der Waals surface area contributed by atoms with E-state index in [4.69, 9.17) is 0 Å². The van der Waals surface area contributed by atoms with E-state index in [0.29, 0.717) is 24.4 Å². The molecule has 0 saturated heterocycles. The molecule has 4 rings (SSSR count). The molecule has 0 bridgehead atoms. The number of aliphatic hydroxyl groups is 1. The fourth-order valence-electron chi connectivity index (χ4n) is 3.95. The maximum atomic E-state index is 14.5. The van der Waals surface area contributed by atoms with Crippen molar-refractivity contribution < 1.29 is 9.50 Å². The van der Waals surface area contributed by atoms with Gasteiger partial charge in [-0.25, -0.2) is 9.37 Å². The molecule has 0 amide bonds. The predicted molar refractivity (Wildman–Crippen MR) is 79.8 cm³/mol. The molecule has 0 radical (unpaired) electrons. The van der Waals surface area contributed by atoms with Crippen molar-refractivity contribution in [2.24, 2.45) is 0 Å². The number of imidazole rings is 1. The summed E-state index contributed by atoms with van der Waals surface area (Å²) in [7, 11) is 0. The molecule has 112 valence electrons. The third-order valence-electron chi connectivity index (χ3n) is 5.43. The Morgan fingerprint density at radius 2 is 2.00 bits per heavy atom. The highest BCUT2D eigenvalue weighted by Gasteiger charge is 2.41. The van der Waals surface area contributed by atoms with E-state index in [9.17, 15) is 9.50 Å².